The number of imidazole rings is 1. The number of nitrogens with one attached hydrogen (secondary N) is 2. The lowest BCUT2D eigenvalue weighted by Gasteiger charge is -2.06. The van der Waals surface area contributed by atoms with Gasteiger partial charge in [0.15, 0.2) is 0 Å². The van der Waals surface area contributed by atoms with Crippen LogP contribution in [0.1, 0.15) is 47.3 Å². The van der Waals surface area contributed by atoms with Gasteiger partial charge in [-0.25, -0.2) is 4.98 Å². The molecule has 136 valence electrons. The molecule has 0 bridgehead atoms. The predicted molar refractivity (Wildman–Crippen MR) is 97.4 cm³/mol. The zero-order valence-corrected chi connectivity index (χ0v) is 14.8. The Morgan fingerprint density at radius 2 is 2.15 bits per heavy atom. The summed E-state index contributed by atoms with van der Waals surface area (Å²) in [5.41, 5.74) is 3.17. The molecule has 1 amide bonds. The van der Waals surface area contributed by atoms with Gasteiger partial charge in [0.1, 0.15) is 18.0 Å². The molecule has 0 fully saturated rings. The lowest BCUT2D eigenvalue weighted by atomic mass is 10.1. The normalized spacial score (nSPS) is 11.0. The number of H-pyrrole nitrogens is 1. The summed E-state index contributed by atoms with van der Waals surface area (Å²) in [6.45, 7) is 3.84. The maximum Gasteiger partial charge on any atom is 0.311 e. The largest absolute Gasteiger partial charge is 0.481 e. The van der Waals surface area contributed by atoms with Gasteiger partial charge in [-0.1, -0.05) is 13.3 Å². The molecule has 3 aromatic rings. The number of nitrogens with zero attached hydrogens (tertiary/aromatic N) is 1. The summed E-state index contributed by atoms with van der Waals surface area (Å²) in [6.07, 6.45) is 4.11. The average molecular weight is 355 g/mol. The maximum absolute atomic E-state index is 12.6. The lowest BCUT2D eigenvalue weighted by molar-refractivity contribution is -0.136. The number of hydrogen-bond acceptors (Lipinski definition) is 4. The highest BCUT2D eigenvalue weighted by molar-refractivity contribution is 6.07. The second-order valence-corrected chi connectivity index (χ2v) is 6.26. The van der Waals surface area contributed by atoms with Crippen molar-refractivity contribution in [2.45, 2.75) is 39.5 Å². The van der Waals surface area contributed by atoms with E-state index >= 15 is 0 Å². The monoisotopic (exact) mass is 355 g/mol. The van der Waals surface area contributed by atoms with Gasteiger partial charge in [-0.3, -0.25) is 9.59 Å². The Hall–Kier alpha value is -3.09. The number of hydrogen-bond donors (Lipinski definition) is 3. The number of amides is 1. The predicted octanol–water partition coefficient (Wildman–Crippen LogP) is 3.69. The number of aromatic nitrogens is 2. The molecule has 0 saturated carbocycles. The number of aromatic amines is 1. The van der Waals surface area contributed by atoms with Gasteiger partial charge in [0.05, 0.1) is 22.9 Å². The summed E-state index contributed by atoms with van der Waals surface area (Å²) in [6, 6.07) is 5.44. The Morgan fingerprint density at radius 3 is 2.88 bits per heavy atom. The Bertz CT molecular complexity index is 955. The number of benzene rings is 1. The molecule has 0 spiro atoms. The highest BCUT2D eigenvalue weighted by atomic mass is 16.4. The lowest BCUT2D eigenvalue weighted by Crippen LogP contribution is -2.15. The van der Waals surface area contributed by atoms with Crippen LogP contribution in [0.4, 0.5) is 5.69 Å². The van der Waals surface area contributed by atoms with E-state index in [1.54, 1.807) is 13.0 Å². The van der Waals surface area contributed by atoms with Gasteiger partial charge >= 0.3 is 5.97 Å². The number of unbranched alkanes of at least 4 members (excludes halogenated alkanes) is 1. The molecule has 1 aromatic carbocycles. The topological polar surface area (TPSA) is 108 Å². The summed E-state index contributed by atoms with van der Waals surface area (Å²) in [4.78, 5) is 31.3. The summed E-state index contributed by atoms with van der Waals surface area (Å²) >= 11 is 0. The minimum atomic E-state index is -1.05. The molecule has 7 nitrogen and oxygen atoms in total. The zero-order chi connectivity index (χ0) is 18.7. The Balaban J connectivity index is 1.81. The second kappa shape index (κ2) is 7.43. The van der Waals surface area contributed by atoms with Crippen LogP contribution < -0.4 is 5.32 Å². The van der Waals surface area contributed by atoms with E-state index in [9.17, 15) is 9.59 Å². The molecule has 0 aliphatic heterocycles. The number of carbonyl (C=O) groups is 2. The van der Waals surface area contributed by atoms with Crippen LogP contribution in [0.15, 0.2) is 28.9 Å². The van der Waals surface area contributed by atoms with E-state index in [1.807, 2.05) is 12.1 Å². The van der Waals surface area contributed by atoms with Crippen LogP contribution in [0.2, 0.25) is 0 Å². The molecule has 0 unspecified atom stereocenters. The molecule has 2 aromatic heterocycles. The zero-order valence-electron chi connectivity index (χ0n) is 14.8. The molecule has 0 aliphatic carbocycles. The Labute approximate surface area is 150 Å². The highest BCUT2D eigenvalue weighted by Crippen LogP contribution is 2.22. The van der Waals surface area contributed by atoms with Gasteiger partial charge in [-0.05, 0) is 31.5 Å². The van der Waals surface area contributed by atoms with Crippen LogP contribution in [0, 0.1) is 6.92 Å². The number of furan rings is 1. The molecule has 2 heterocycles. The molecule has 0 radical (unpaired) electrons. The summed E-state index contributed by atoms with van der Waals surface area (Å²) in [5.74, 6) is -0.360. The standard InChI is InChI=1S/C19H21N3O4/c1-3-4-5-16-21-13-7-6-12(8-14(13)22-16)20-19(25)18-11(2)10-26-15(18)9-17(23)24/h6-8,10H,3-5,9H2,1-2H3,(H,20,25)(H,21,22)(H,23,24). The first kappa shape index (κ1) is 17.7. The first-order valence-corrected chi connectivity index (χ1v) is 8.56. The number of rotatable bonds is 7. The third-order valence-corrected chi connectivity index (χ3v) is 4.15. The first-order valence-electron chi connectivity index (χ1n) is 8.56. The fraction of sp³-hybridized carbons (Fsp3) is 0.316. The van der Waals surface area contributed by atoms with E-state index in [-0.39, 0.29) is 17.7 Å². The van der Waals surface area contributed by atoms with E-state index in [0.717, 1.165) is 36.1 Å². The molecule has 0 atom stereocenters. The maximum atomic E-state index is 12.6. The van der Waals surface area contributed by atoms with Crippen molar-refractivity contribution >= 4 is 28.6 Å². The van der Waals surface area contributed by atoms with Gasteiger partial charge < -0.3 is 19.8 Å². The Kier molecular flexibility index (Phi) is 5.06. The number of aliphatic carboxylic acids is 1. The molecule has 3 rings (SSSR count). The minimum absolute atomic E-state index is 0.150. The van der Waals surface area contributed by atoms with Crippen molar-refractivity contribution in [1.82, 2.24) is 9.97 Å². The number of anilines is 1. The van der Waals surface area contributed by atoms with Crippen molar-refractivity contribution < 1.29 is 19.1 Å². The van der Waals surface area contributed by atoms with Crippen LogP contribution in [0.3, 0.4) is 0 Å². The van der Waals surface area contributed by atoms with E-state index < -0.39 is 11.9 Å². The van der Waals surface area contributed by atoms with Gasteiger partial charge in [0.2, 0.25) is 0 Å². The number of fused-ring (bicyclic) bond motifs is 1. The quantitative estimate of drug-likeness (QED) is 0.599. The van der Waals surface area contributed by atoms with Crippen molar-refractivity contribution in [3.8, 4) is 0 Å². The smallest absolute Gasteiger partial charge is 0.311 e. The average Bonchev–Trinajstić information content (AvgIpc) is 3.15. The van der Waals surface area contributed by atoms with Crippen LogP contribution >= 0.6 is 0 Å². The van der Waals surface area contributed by atoms with E-state index in [1.165, 1.54) is 6.26 Å². The molecular formula is C19H21N3O4. The van der Waals surface area contributed by atoms with E-state index in [4.69, 9.17) is 9.52 Å². The number of carboxylic acid groups (broad SMARTS) is 1. The molecule has 0 saturated heterocycles. The van der Waals surface area contributed by atoms with Crippen molar-refractivity contribution in [2.75, 3.05) is 5.32 Å². The third kappa shape index (κ3) is 3.77. The van der Waals surface area contributed by atoms with E-state index in [0.29, 0.717) is 11.3 Å². The molecule has 3 N–H and O–H groups in total. The van der Waals surface area contributed by atoms with Crippen LogP contribution in [-0.4, -0.2) is 27.0 Å². The highest BCUT2D eigenvalue weighted by Gasteiger charge is 2.20. The molecule has 7 heteroatoms. The summed E-state index contributed by atoms with van der Waals surface area (Å²) in [5, 5.41) is 11.8. The van der Waals surface area contributed by atoms with Gasteiger partial charge in [0, 0.05) is 17.7 Å². The minimum Gasteiger partial charge on any atom is -0.481 e. The van der Waals surface area contributed by atoms with Crippen LogP contribution in [0.5, 0.6) is 0 Å². The van der Waals surface area contributed by atoms with Crippen molar-refractivity contribution in [1.29, 1.82) is 0 Å². The van der Waals surface area contributed by atoms with E-state index in [2.05, 4.69) is 22.2 Å². The number of carbonyl (C=O) groups excluding carboxylic acids is 1. The first-order chi connectivity index (χ1) is 12.5. The van der Waals surface area contributed by atoms with Crippen LogP contribution in [-0.2, 0) is 17.6 Å². The van der Waals surface area contributed by atoms with Crippen LogP contribution in [0.25, 0.3) is 11.0 Å². The van der Waals surface area contributed by atoms with Crippen molar-refractivity contribution in [2.24, 2.45) is 0 Å². The van der Waals surface area contributed by atoms with Crippen molar-refractivity contribution in [3.05, 3.63) is 47.2 Å². The number of carboxylic acids is 1. The summed E-state index contributed by atoms with van der Waals surface area (Å²) in [7, 11) is 0. The Morgan fingerprint density at radius 1 is 1.35 bits per heavy atom. The van der Waals surface area contributed by atoms with Gasteiger partial charge in [-0.15, -0.1) is 0 Å². The fourth-order valence-electron chi connectivity index (χ4n) is 2.87. The summed E-state index contributed by atoms with van der Waals surface area (Å²) < 4.78 is 5.22. The van der Waals surface area contributed by atoms with Gasteiger partial charge in [0.25, 0.3) is 5.91 Å². The van der Waals surface area contributed by atoms with Crippen molar-refractivity contribution in [3.63, 3.8) is 0 Å². The number of aryl methyl sites for hydroxylation is 2. The molecule has 0 aliphatic rings. The third-order valence-electron chi connectivity index (χ3n) is 4.15. The SMILES string of the molecule is CCCCc1nc2ccc(NC(=O)c3c(C)coc3CC(=O)O)cc2[nH]1. The second-order valence-electron chi connectivity index (χ2n) is 6.26. The fourth-order valence-corrected chi connectivity index (χ4v) is 2.87. The van der Waals surface area contributed by atoms with Gasteiger partial charge in [-0.2, -0.15) is 0 Å². The molecular weight excluding hydrogens is 334 g/mol. The molecule has 26 heavy (non-hydrogen) atoms.